The van der Waals surface area contributed by atoms with Gasteiger partial charge in [0, 0.05) is 6.42 Å². The molecule has 0 aromatic rings. The van der Waals surface area contributed by atoms with Crippen LogP contribution in [0.4, 0.5) is 0 Å². The van der Waals surface area contributed by atoms with Gasteiger partial charge in [0.15, 0.2) is 0 Å². The number of hydrogen-bond acceptors (Lipinski definition) is 6. The second-order valence-electron chi connectivity index (χ2n) is 4.99. The molecule has 6 heteroatoms. The first kappa shape index (κ1) is 16.4. The molecule has 19 heavy (non-hydrogen) atoms. The largest absolute Gasteiger partial charge is 0.396 e. The molecule has 0 aliphatic carbocycles. The van der Waals surface area contributed by atoms with Gasteiger partial charge < -0.3 is 24.9 Å². The first-order valence-corrected chi connectivity index (χ1v) is 6.87. The fourth-order valence-corrected chi connectivity index (χ4v) is 1.95. The average Bonchev–Trinajstić information content (AvgIpc) is 2.39. The second-order valence-corrected chi connectivity index (χ2v) is 4.99. The van der Waals surface area contributed by atoms with Crippen LogP contribution in [0.15, 0.2) is 5.16 Å². The van der Waals surface area contributed by atoms with Gasteiger partial charge in [0.25, 0.3) is 0 Å². The van der Waals surface area contributed by atoms with Gasteiger partial charge in [0.2, 0.25) is 0 Å². The van der Waals surface area contributed by atoms with Crippen molar-refractivity contribution < 1.29 is 24.9 Å². The Morgan fingerprint density at radius 1 is 1.26 bits per heavy atom. The third kappa shape index (κ3) is 5.44. The Labute approximate surface area is 114 Å². The minimum Gasteiger partial charge on any atom is -0.396 e. The molecule has 0 bridgehead atoms. The van der Waals surface area contributed by atoms with E-state index in [9.17, 15) is 15.3 Å². The van der Waals surface area contributed by atoms with Crippen LogP contribution in [0.25, 0.3) is 0 Å². The van der Waals surface area contributed by atoms with Crippen LogP contribution < -0.4 is 0 Å². The van der Waals surface area contributed by atoms with Gasteiger partial charge >= 0.3 is 0 Å². The second kappa shape index (κ2) is 8.47. The number of unbranched alkanes of at least 4 members (excludes halogenated alkanes) is 2. The number of oxime groups is 1. The Bertz CT molecular complexity index is 284. The molecule has 1 fully saturated rings. The summed E-state index contributed by atoms with van der Waals surface area (Å²) in [5.74, 6) is 0. The van der Waals surface area contributed by atoms with Gasteiger partial charge in [-0.15, -0.1) is 0 Å². The van der Waals surface area contributed by atoms with Crippen molar-refractivity contribution in [1.82, 2.24) is 0 Å². The number of aliphatic hydroxyl groups excluding tert-OH is 3. The van der Waals surface area contributed by atoms with E-state index in [0.717, 1.165) is 19.3 Å². The summed E-state index contributed by atoms with van der Waals surface area (Å²) in [6.07, 6.45) is -0.266. The Morgan fingerprint density at radius 2 is 2.00 bits per heavy atom. The van der Waals surface area contributed by atoms with Crippen LogP contribution in [0.2, 0.25) is 0 Å². The lowest BCUT2D eigenvalue weighted by Crippen LogP contribution is -2.53. The van der Waals surface area contributed by atoms with E-state index in [-0.39, 0.29) is 6.61 Å². The van der Waals surface area contributed by atoms with Gasteiger partial charge in [0.1, 0.15) is 24.9 Å². The van der Waals surface area contributed by atoms with Crippen molar-refractivity contribution in [2.24, 2.45) is 5.16 Å². The third-order valence-corrected chi connectivity index (χ3v) is 3.16. The lowest BCUT2D eigenvalue weighted by Gasteiger charge is -2.35. The first-order chi connectivity index (χ1) is 9.06. The summed E-state index contributed by atoms with van der Waals surface area (Å²) < 4.78 is 5.29. The zero-order valence-electron chi connectivity index (χ0n) is 11.7. The molecule has 1 saturated heterocycles. The first-order valence-electron chi connectivity index (χ1n) is 6.87. The molecule has 0 unspecified atom stereocenters. The van der Waals surface area contributed by atoms with E-state index >= 15 is 0 Å². The monoisotopic (exact) mass is 275 g/mol. The summed E-state index contributed by atoms with van der Waals surface area (Å²) in [6.45, 7) is 4.51. The van der Waals surface area contributed by atoms with Gasteiger partial charge in [-0.3, -0.25) is 0 Å². The lowest BCUT2D eigenvalue weighted by molar-refractivity contribution is -0.184. The molecule has 1 heterocycles. The van der Waals surface area contributed by atoms with Gasteiger partial charge in [-0.25, -0.2) is 0 Å². The van der Waals surface area contributed by atoms with E-state index in [2.05, 4.69) is 12.1 Å². The van der Waals surface area contributed by atoms with Crippen molar-refractivity contribution in [3.63, 3.8) is 0 Å². The highest BCUT2D eigenvalue weighted by molar-refractivity contribution is 5.81. The predicted octanol–water partition coefficient (Wildman–Crippen LogP) is 0.441. The summed E-state index contributed by atoms with van der Waals surface area (Å²) in [6, 6.07) is 0. The number of rotatable bonds is 7. The molecular weight excluding hydrogens is 250 g/mol. The van der Waals surface area contributed by atoms with Crippen molar-refractivity contribution in [1.29, 1.82) is 0 Å². The maximum atomic E-state index is 9.77. The highest BCUT2D eigenvalue weighted by Gasteiger charge is 2.37. The van der Waals surface area contributed by atoms with E-state index < -0.39 is 24.4 Å². The number of aliphatic hydroxyl groups is 3. The van der Waals surface area contributed by atoms with E-state index in [1.165, 1.54) is 0 Å². The number of ether oxygens (including phenoxy) is 1. The third-order valence-electron chi connectivity index (χ3n) is 3.16. The summed E-state index contributed by atoms with van der Waals surface area (Å²) in [5.41, 5.74) is 0.698. The van der Waals surface area contributed by atoms with Crippen molar-refractivity contribution in [2.45, 2.75) is 63.9 Å². The van der Waals surface area contributed by atoms with Crippen LogP contribution in [0, 0.1) is 0 Å². The Hall–Kier alpha value is -0.690. The van der Waals surface area contributed by atoms with Crippen molar-refractivity contribution in [2.75, 3.05) is 13.2 Å². The van der Waals surface area contributed by atoms with Crippen LogP contribution in [0.1, 0.15) is 39.5 Å². The fraction of sp³-hybridized carbons (Fsp3) is 0.923. The highest BCUT2D eigenvalue weighted by atomic mass is 16.6. The minimum absolute atomic E-state index is 0.0214. The molecular formula is C13H25NO5. The standard InChI is InChI=1S/C13H25NO5/c1-3-4-5-6-19-14-9(2)7-11-13(17)12(16)10(15)8-18-11/h10-13,15-17H,3-8H2,1-2H3/b14-9-/t10-,11+,12+,13+/m1/s1. The van der Waals surface area contributed by atoms with Crippen molar-refractivity contribution >= 4 is 5.71 Å². The molecule has 112 valence electrons. The molecule has 6 nitrogen and oxygen atoms in total. The fourth-order valence-electron chi connectivity index (χ4n) is 1.95. The normalized spacial score (nSPS) is 32.4. The summed E-state index contributed by atoms with van der Waals surface area (Å²) >= 11 is 0. The molecule has 0 amide bonds. The summed E-state index contributed by atoms with van der Waals surface area (Å²) in [5, 5.41) is 32.6. The molecule has 4 atom stereocenters. The Morgan fingerprint density at radius 3 is 2.68 bits per heavy atom. The molecule has 0 spiro atoms. The average molecular weight is 275 g/mol. The van der Waals surface area contributed by atoms with Gasteiger partial charge in [-0.1, -0.05) is 24.9 Å². The van der Waals surface area contributed by atoms with Crippen LogP contribution in [0.3, 0.4) is 0 Å². The van der Waals surface area contributed by atoms with E-state index in [1.54, 1.807) is 6.92 Å². The van der Waals surface area contributed by atoms with E-state index in [1.807, 2.05) is 0 Å². The SMILES string of the molecule is CCCCCO/N=C(/C)C[C@@H]1OC[C@@H](O)[C@H](O)[C@H]1O. The molecule has 1 rings (SSSR count). The van der Waals surface area contributed by atoms with Gasteiger partial charge in [0.05, 0.1) is 18.4 Å². The zero-order chi connectivity index (χ0) is 14.3. The Balaban J connectivity index is 2.31. The molecule has 0 aromatic heterocycles. The number of nitrogens with zero attached hydrogens (tertiary/aromatic N) is 1. The van der Waals surface area contributed by atoms with Crippen LogP contribution in [-0.4, -0.2) is 58.7 Å². The smallest absolute Gasteiger partial charge is 0.117 e. The maximum absolute atomic E-state index is 9.77. The van der Waals surface area contributed by atoms with E-state index in [0.29, 0.717) is 18.7 Å². The molecule has 0 aromatic carbocycles. The van der Waals surface area contributed by atoms with Gasteiger partial charge in [-0.2, -0.15) is 0 Å². The highest BCUT2D eigenvalue weighted by Crippen LogP contribution is 2.18. The molecule has 1 aliphatic rings. The molecule has 3 N–H and O–H groups in total. The van der Waals surface area contributed by atoms with Crippen LogP contribution >= 0.6 is 0 Å². The zero-order valence-corrected chi connectivity index (χ0v) is 11.7. The minimum atomic E-state index is -1.17. The summed E-state index contributed by atoms with van der Waals surface area (Å²) in [7, 11) is 0. The molecule has 0 radical (unpaired) electrons. The number of hydrogen-bond donors (Lipinski definition) is 3. The quantitative estimate of drug-likeness (QED) is 0.356. The summed E-state index contributed by atoms with van der Waals surface area (Å²) in [4.78, 5) is 5.16. The molecule has 0 saturated carbocycles. The van der Waals surface area contributed by atoms with Crippen LogP contribution in [-0.2, 0) is 9.57 Å². The van der Waals surface area contributed by atoms with Crippen molar-refractivity contribution in [3.8, 4) is 0 Å². The van der Waals surface area contributed by atoms with E-state index in [4.69, 9.17) is 9.57 Å². The van der Waals surface area contributed by atoms with Crippen LogP contribution in [0.5, 0.6) is 0 Å². The maximum Gasteiger partial charge on any atom is 0.117 e. The lowest BCUT2D eigenvalue weighted by atomic mass is 9.97. The Kier molecular flexibility index (Phi) is 7.30. The molecule has 1 aliphatic heterocycles. The predicted molar refractivity (Wildman–Crippen MR) is 71.0 cm³/mol. The topological polar surface area (TPSA) is 91.5 Å². The van der Waals surface area contributed by atoms with Crippen molar-refractivity contribution in [3.05, 3.63) is 0 Å². The van der Waals surface area contributed by atoms with Gasteiger partial charge in [-0.05, 0) is 13.3 Å².